The molecule has 2 aliphatic heterocycles. The topological polar surface area (TPSA) is 88.7 Å². The van der Waals surface area contributed by atoms with Crippen molar-refractivity contribution < 1.29 is 36.6 Å². The molecule has 0 saturated carbocycles. The maximum atomic E-state index is 15.7. The van der Waals surface area contributed by atoms with Gasteiger partial charge >= 0.3 is 6.15 Å². The fourth-order valence-electron chi connectivity index (χ4n) is 5.67. The van der Waals surface area contributed by atoms with Crippen LogP contribution in [0.5, 0.6) is 0 Å². The molecule has 2 aromatic carbocycles. The smallest absolute Gasteiger partial charge is 0.373 e. The van der Waals surface area contributed by atoms with Gasteiger partial charge in [-0.3, -0.25) is 14.2 Å². The van der Waals surface area contributed by atoms with E-state index in [0.29, 0.717) is 38.2 Å². The third kappa shape index (κ3) is 8.08. The van der Waals surface area contributed by atoms with E-state index in [1.54, 1.807) is 13.0 Å². The van der Waals surface area contributed by atoms with Crippen LogP contribution in [-0.2, 0) is 16.0 Å². The number of aromatic amines is 1. The van der Waals surface area contributed by atoms with Crippen LogP contribution in [0.25, 0.3) is 10.9 Å². The number of anilines is 1. The number of rotatable bonds is 9. The van der Waals surface area contributed by atoms with E-state index in [0.717, 1.165) is 16.5 Å². The molecule has 2 aliphatic rings. The minimum Gasteiger partial charge on any atom is -0.390 e. The zero-order valence-electron chi connectivity index (χ0n) is 24.2. The second-order valence-electron chi connectivity index (χ2n) is 10.7. The lowest BCUT2D eigenvalue weighted by Crippen LogP contribution is -2.54. The van der Waals surface area contributed by atoms with Crippen molar-refractivity contribution in [2.24, 2.45) is 0 Å². The van der Waals surface area contributed by atoms with Gasteiger partial charge in [0, 0.05) is 53.5 Å². The summed E-state index contributed by atoms with van der Waals surface area (Å²) in [5, 5.41) is 13.2. The van der Waals surface area contributed by atoms with Crippen molar-refractivity contribution in [3.8, 4) is 0 Å². The first-order valence-corrected chi connectivity index (χ1v) is 14.0. The second kappa shape index (κ2) is 15.2. The number of alkyl halides is 3. The van der Waals surface area contributed by atoms with Gasteiger partial charge in [-0.15, -0.1) is 6.58 Å². The molecule has 2 atom stereocenters. The summed E-state index contributed by atoms with van der Waals surface area (Å²) >= 11 is 0. The van der Waals surface area contributed by atoms with Gasteiger partial charge in [-0.25, -0.2) is 17.6 Å². The van der Waals surface area contributed by atoms with Crippen molar-refractivity contribution in [3.05, 3.63) is 77.5 Å². The molecule has 1 fully saturated rings. The molecule has 0 unspecified atom stereocenters. The molecular formula is C31H37F5N4O3. The summed E-state index contributed by atoms with van der Waals surface area (Å²) in [5.74, 6) is -5.11. The molecule has 1 aromatic heterocycles. The summed E-state index contributed by atoms with van der Waals surface area (Å²) in [6.45, 7) is 6.34. The van der Waals surface area contributed by atoms with Crippen LogP contribution in [-0.4, -0.2) is 83.5 Å². The Morgan fingerprint density at radius 2 is 1.79 bits per heavy atom. The number of likely N-dealkylation sites (tertiary alicyclic amines) is 1. The Morgan fingerprint density at radius 1 is 1.19 bits per heavy atom. The highest BCUT2D eigenvalue weighted by molar-refractivity contribution is 5.85. The molecule has 0 radical (unpaired) electrons. The van der Waals surface area contributed by atoms with Crippen molar-refractivity contribution in [3.63, 3.8) is 0 Å². The third-order valence-corrected chi connectivity index (χ3v) is 7.45. The maximum Gasteiger partial charge on any atom is 0.373 e. The van der Waals surface area contributed by atoms with Crippen LogP contribution in [0.2, 0.25) is 0 Å². The number of aliphatic hydroxyl groups excluding tert-OH is 1. The Morgan fingerprint density at radius 3 is 2.37 bits per heavy atom. The SMILES string of the molecule is C=CC.C[C@@H]1Cc2c([nH]c3ccccc23)[C@@H](c2c(F)cc(NC3CN(CCCF)C3)cc2F)N1CC(F)(F)CO.O=C=O. The van der Waals surface area contributed by atoms with Crippen molar-refractivity contribution in [2.75, 3.05) is 44.8 Å². The van der Waals surface area contributed by atoms with Crippen LogP contribution in [0.3, 0.4) is 0 Å². The third-order valence-electron chi connectivity index (χ3n) is 7.45. The number of allylic oxidation sites excluding steroid dienone is 1. The van der Waals surface area contributed by atoms with Gasteiger partial charge < -0.3 is 15.4 Å². The predicted molar refractivity (Wildman–Crippen MR) is 154 cm³/mol. The first-order valence-electron chi connectivity index (χ1n) is 14.0. The highest BCUT2D eigenvalue weighted by Gasteiger charge is 2.43. The highest BCUT2D eigenvalue weighted by atomic mass is 19.3. The quantitative estimate of drug-likeness (QED) is 0.221. The predicted octanol–water partition coefficient (Wildman–Crippen LogP) is 5.47. The molecule has 0 aliphatic carbocycles. The molecule has 3 aromatic rings. The summed E-state index contributed by atoms with van der Waals surface area (Å²) in [6.07, 6.45) is 2.87. The monoisotopic (exact) mass is 608 g/mol. The zero-order valence-corrected chi connectivity index (χ0v) is 24.2. The molecule has 3 heterocycles. The van der Waals surface area contributed by atoms with Gasteiger partial charge in [0.1, 0.15) is 18.2 Å². The number of para-hydroxylation sites is 1. The lowest BCUT2D eigenvalue weighted by molar-refractivity contribution is -0.191. The number of carbonyl (C=O) groups excluding carboxylic acids is 2. The molecule has 234 valence electrons. The second-order valence-corrected chi connectivity index (χ2v) is 10.7. The molecule has 0 bridgehead atoms. The van der Waals surface area contributed by atoms with Crippen LogP contribution in [0, 0.1) is 11.6 Å². The van der Waals surface area contributed by atoms with Gasteiger partial charge in [-0.1, -0.05) is 24.3 Å². The number of nitrogens with one attached hydrogen (secondary N) is 2. The van der Waals surface area contributed by atoms with E-state index < -0.39 is 42.8 Å². The minimum atomic E-state index is -3.44. The molecule has 5 rings (SSSR count). The van der Waals surface area contributed by atoms with E-state index in [9.17, 15) is 18.3 Å². The molecular weight excluding hydrogens is 571 g/mol. The molecule has 7 nitrogen and oxygen atoms in total. The van der Waals surface area contributed by atoms with Gasteiger partial charge in [-0.05, 0) is 50.5 Å². The molecule has 1 saturated heterocycles. The van der Waals surface area contributed by atoms with Crippen LogP contribution < -0.4 is 5.32 Å². The number of nitrogens with zero attached hydrogens (tertiary/aromatic N) is 2. The highest BCUT2D eigenvalue weighted by Crippen LogP contribution is 2.43. The number of fused-ring (bicyclic) bond motifs is 3. The number of aliphatic hydroxyl groups is 1. The van der Waals surface area contributed by atoms with Crippen LogP contribution >= 0.6 is 0 Å². The van der Waals surface area contributed by atoms with Crippen molar-refractivity contribution >= 4 is 22.7 Å². The van der Waals surface area contributed by atoms with E-state index in [1.165, 1.54) is 17.0 Å². The van der Waals surface area contributed by atoms with Gasteiger partial charge in [0.2, 0.25) is 0 Å². The lowest BCUT2D eigenvalue weighted by Gasteiger charge is -2.42. The van der Waals surface area contributed by atoms with Crippen LogP contribution in [0.4, 0.5) is 27.6 Å². The summed E-state index contributed by atoms with van der Waals surface area (Å²) < 4.78 is 72.5. The average Bonchev–Trinajstić information content (AvgIpc) is 3.30. The Labute approximate surface area is 247 Å². The standard InChI is InChI=1S/C27H31F5N4O.C3H6.CO2/c1-16-9-20-19-5-2-3-6-23(19)34-25(20)26(36(16)14-27(31,32)15-37)24-21(29)10-17(11-22(24)30)33-18-12-35(13-18)8-4-7-28;1-3-2;2-1-3/h2-3,5-6,10-11,16,18,26,33-34,37H,4,7-9,12-15H2,1H3;3H,1H2,2H3;/t16-,26-;;/m1../s1. The molecule has 3 N–H and O–H groups in total. The minimum absolute atomic E-state index is 0.0148. The number of H-pyrrole nitrogens is 1. The number of hydrogen-bond acceptors (Lipinski definition) is 6. The Balaban J connectivity index is 0.000000780. The van der Waals surface area contributed by atoms with Crippen molar-refractivity contribution in [1.29, 1.82) is 0 Å². The van der Waals surface area contributed by atoms with Crippen molar-refractivity contribution in [1.82, 2.24) is 14.8 Å². The van der Waals surface area contributed by atoms with Gasteiger partial charge in [0.25, 0.3) is 5.92 Å². The normalized spacial score (nSPS) is 18.8. The Bertz CT molecular complexity index is 1380. The summed E-state index contributed by atoms with van der Waals surface area (Å²) in [7, 11) is 0. The number of halogens is 5. The Hall–Kier alpha value is -3.57. The number of hydrogen-bond donors (Lipinski definition) is 3. The first kappa shape index (κ1) is 33.9. The van der Waals surface area contributed by atoms with Gasteiger partial charge in [0.15, 0.2) is 0 Å². The largest absolute Gasteiger partial charge is 0.390 e. The summed E-state index contributed by atoms with van der Waals surface area (Å²) in [5.41, 5.74) is 2.05. The number of aromatic nitrogens is 1. The van der Waals surface area contributed by atoms with E-state index in [4.69, 9.17) is 9.59 Å². The number of benzene rings is 2. The fourth-order valence-corrected chi connectivity index (χ4v) is 5.67. The van der Waals surface area contributed by atoms with E-state index >= 15 is 8.78 Å². The average molecular weight is 609 g/mol. The zero-order chi connectivity index (χ0) is 31.7. The lowest BCUT2D eigenvalue weighted by atomic mass is 9.87. The molecule has 43 heavy (non-hydrogen) atoms. The summed E-state index contributed by atoms with van der Waals surface area (Å²) in [4.78, 5) is 22.9. The van der Waals surface area contributed by atoms with Gasteiger partial charge in [0.05, 0.1) is 25.3 Å². The maximum absolute atomic E-state index is 15.7. The van der Waals surface area contributed by atoms with E-state index in [2.05, 4.69) is 21.8 Å². The van der Waals surface area contributed by atoms with E-state index in [-0.39, 0.29) is 30.1 Å². The molecule has 12 heteroatoms. The Kier molecular flexibility index (Phi) is 12.0. The molecule has 0 spiro atoms. The van der Waals surface area contributed by atoms with Crippen LogP contribution in [0.15, 0.2) is 49.1 Å². The van der Waals surface area contributed by atoms with Crippen LogP contribution in [0.1, 0.15) is 43.1 Å². The first-order chi connectivity index (χ1) is 20.5. The molecule has 0 amide bonds. The van der Waals surface area contributed by atoms with Gasteiger partial charge in [-0.2, -0.15) is 9.59 Å². The van der Waals surface area contributed by atoms with E-state index in [1.807, 2.05) is 31.2 Å². The fraction of sp³-hybridized carbons (Fsp3) is 0.452. The summed E-state index contributed by atoms with van der Waals surface area (Å²) in [6, 6.07) is 8.25. The van der Waals surface area contributed by atoms with Crippen molar-refractivity contribution in [2.45, 2.75) is 50.7 Å².